The van der Waals surface area contributed by atoms with Crippen LogP contribution in [0.5, 0.6) is 0 Å². The highest BCUT2D eigenvalue weighted by molar-refractivity contribution is 4.80. The standard InChI is InChI=1S/C33H66/c1-3-5-7-9-11-13-15-17-19-21-23-25-27-29-31-33-32-30-28-26-24-22-20-18-16-14-12-10-8-6-4-2/h7,9H,3-6,8,10-33H2,1-2H3/b9-7+. The first-order valence-corrected chi connectivity index (χ1v) is 16.1. The summed E-state index contributed by atoms with van der Waals surface area (Å²) in [5.74, 6) is 0. The Morgan fingerprint density at radius 3 is 0.758 bits per heavy atom. The second-order valence-corrected chi connectivity index (χ2v) is 10.9. The largest absolute Gasteiger partial charge is 0.0885 e. The molecule has 0 bridgehead atoms. The Hall–Kier alpha value is -0.260. The average Bonchev–Trinajstić information content (AvgIpc) is 2.83. The topological polar surface area (TPSA) is 0 Å². The lowest BCUT2D eigenvalue weighted by molar-refractivity contribution is 0.515. The maximum absolute atomic E-state index is 2.39. The summed E-state index contributed by atoms with van der Waals surface area (Å²) in [4.78, 5) is 0. The molecule has 0 saturated carbocycles. The molecule has 0 N–H and O–H groups in total. The minimum atomic E-state index is 1.26. The Bertz CT molecular complexity index is 342. The fraction of sp³-hybridized carbons (Fsp3) is 0.939. The van der Waals surface area contributed by atoms with E-state index in [2.05, 4.69) is 26.0 Å². The first-order valence-electron chi connectivity index (χ1n) is 16.1. The monoisotopic (exact) mass is 463 g/mol. The summed E-state index contributed by atoms with van der Waals surface area (Å²) in [5, 5.41) is 0. The van der Waals surface area contributed by atoms with E-state index in [9.17, 15) is 0 Å². The fourth-order valence-electron chi connectivity index (χ4n) is 4.98. The van der Waals surface area contributed by atoms with Crippen LogP contribution in [0, 0.1) is 0 Å². The van der Waals surface area contributed by atoms with E-state index in [0.29, 0.717) is 0 Å². The summed E-state index contributed by atoms with van der Waals surface area (Å²) in [6.45, 7) is 4.56. The number of hydrogen-bond donors (Lipinski definition) is 0. The zero-order chi connectivity index (χ0) is 23.9. The molecule has 0 atom stereocenters. The molecule has 198 valence electrons. The van der Waals surface area contributed by atoms with Gasteiger partial charge < -0.3 is 0 Å². The van der Waals surface area contributed by atoms with Crippen LogP contribution in [0.4, 0.5) is 0 Å². The van der Waals surface area contributed by atoms with E-state index in [0.717, 1.165) is 0 Å². The minimum Gasteiger partial charge on any atom is -0.0885 e. The van der Waals surface area contributed by atoms with Crippen LogP contribution < -0.4 is 0 Å². The normalized spacial score (nSPS) is 11.7. The molecule has 0 aliphatic rings. The maximum Gasteiger partial charge on any atom is -0.0351 e. The molecule has 0 amide bonds. The van der Waals surface area contributed by atoms with Crippen molar-refractivity contribution in [2.75, 3.05) is 0 Å². The second kappa shape index (κ2) is 31.7. The first kappa shape index (κ1) is 32.7. The molecule has 0 radical (unpaired) electrons. The molecule has 0 aromatic rings. The van der Waals surface area contributed by atoms with Crippen molar-refractivity contribution >= 4 is 0 Å². The molecule has 0 rings (SSSR count). The Kier molecular flexibility index (Phi) is 31.5. The van der Waals surface area contributed by atoms with Crippen molar-refractivity contribution in [3.8, 4) is 0 Å². The summed E-state index contributed by atoms with van der Waals surface area (Å²) in [6, 6.07) is 0. The first-order chi connectivity index (χ1) is 16.4. The fourth-order valence-corrected chi connectivity index (χ4v) is 4.98. The van der Waals surface area contributed by atoms with Gasteiger partial charge in [0.2, 0.25) is 0 Å². The van der Waals surface area contributed by atoms with Crippen molar-refractivity contribution in [3.05, 3.63) is 12.2 Å². The Balaban J connectivity index is 3.01. The van der Waals surface area contributed by atoms with E-state index < -0.39 is 0 Å². The van der Waals surface area contributed by atoms with Crippen molar-refractivity contribution in [2.45, 2.75) is 200 Å². The van der Waals surface area contributed by atoms with E-state index in [1.54, 1.807) is 0 Å². The smallest absolute Gasteiger partial charge is 0.0351 e. The molecule has 0 saturated heterocycles. The minimum absolute atomic E-state index is 1.26. The molecular weight excluding hydrogens is 396 g/mol. The van der Waals surface area contributed by atoms with E-state index in [1.165, 1.54) is 186 Å². The van der Waals surface area contributed by atoms with Gasteiger partial charge in [-0.2, -0.15) is 0 Å². The van der Waals surface area contributed by atoms with Gasteiger partial charge in [-0.3, -0.25) is 0 Å². The van der Waals surface area contributed by atoms with Gasteiger partial charge in [0.25, 0.3) is 0 Å². The average molecular weight is 463 g/mol. The number of hydrogen-bond acceptors (Lipinski definition) is 0. The van der Waals surface area contributed by atoms with Crippen LogP contribution in [0.1, 0.15) is 200 Å². The number of unbranched alkanes of at least 4 members (excludes halogenated alkanes) is 27. The summed E-state index contributed by atoms with van der Waals surface area (Å²) >= 11 is 0. The van der Waals surface area contributed by atoms with E-state index in [1.807, 2.05) is 0 Å². The summed E-state index contributed by atoms with van der Waals surface area (Å²) in [6.07, 6.45) is 46.9. The third kappa shape index (κ3) is 31.7. The summed E-state index contributed by atoms with van der Waals surface area (Å²) in [7, 11) is 0. The van der Waals surface area contributed by atoms with Crippen LogP contribution in [0.2, 0.25) is 0 Å². The van der Waals surface area contributed by atoms with Gasteiger partial charge in [0.1, 0.15) is 0 Å². The molecule has 0 nitrogen and oxygen atoms in total. The predicted molar refractivity (Wildman–Crippen MR) is 154 cm³/mol. The Morgan fingerprint density at radius 1 is 0.242 bits per heavy atom. The van der Waals surface area contributed by atoms with Crippen molar-refractivity contribution in [1.29, 1.82) is 0 Å². The van der Waals surface area contributed by atoms with Gasteiger partial charge in [-0.1, -0.05) is 193 Å². The van der Waals surface area contributed by atoms with E-state index in [4.69, 9.17) is 0 Å². The van der Waals surface area contributed by atoms with Crippen LogP contribution in [-0.4, -0.2) is 0 Å². The highest BCUT2D eigenvalue weighted by Crippen LogP contribution is 2.16. The molecule has 0 heteroatoms. The molecular formula is C33H66. The third-order valence-electron chi connectivity index (χ3n) is 7.35. The lowest BCUT2D eigenvalue weighted by atomic mass is 10.0. The second-order valence-electron chi connectivity index (χ2n) is 10.9. The third-order valence-corrected chi connectivity index (χ3v) is 7.35. The van der Waals surface area contributed by atoms with Crippen molar-refractivity contribution < 1.29 is 0 Å². The Morgan fingerprint density at radius 2 is 0.485 bits per heavy atom. The zero-order valence-corrected chi connectivity index (χ0v) is 23.7. The van der Waals surface area contributed by atoms with Gasteiger partial charge in [0.05, 0.1) is 0 Å². The highest BCUT2D eigenvalue weighted by atomic mass is 14.0. The lowest BCUT2D eigenvalue weighted by Gasteiger charge is -2.04. The Labute approximate surface area is 212 Å². The SMILES string of the molecule is CCC/C=C/CCCCCCCCCCCCCCCCCCCCCCCCCCCC. The van der Waals surface area contributed by atoms with E-state index >= 15 is 0 Å². The number of rotatable bonds is 29. The van der Waals surface area contributed by atoms with Crippen molar-refractivity contribution in [2.24, 2.45) is 0 Å². The summed E-state index contributed by atoms with van der Waals surface area (Å²) < 4.78 is 0. The van der Waals surface area contributed by atoms with Crippen LogP contribution in [0.15, 0.2) is 12.2 Å². The van der Waals surface area contributed by atoms with Crippen LogP contribution in [0.3, 0.4) is 0 Å². The molecule has 0 aliphatic heterocycles. The quantitative estimate of drug-likeness (QED) is 0.0765. The maximum atomic E-state index is 2.39. The molecule has 0 aliphatic carbocycles. The van der Waals surface area contributed by atoms with Crippen molar-refractivity contribution in [3.63, 3.8) is 0 Å². The molecule has 0 aromatic carbocycles. The van der Waals surface area contributed by atoms with Gasteiger partial charge in [-0.15, -0.1) is 0 Å². The molecule has 0 fully saturated rings. The highest BCUT2D eigenvalue weighted by Gasteiger charge is 1.96. The van der Waals surface area contributed by atoms with Crippen molar-refractivity contribution in [1.82, 2.24) is 0 Å². The predicted octanol–water partition coefficient (Wildman–Crippen LogP) is 12.9. The van der Waals surface area contributed by atoms with Gasteiger partial charge in [-0.05, 0) is 19.3 Å². The van der Waals surface area contributed by atoms with Crippen LogP contribution >= 0.6 is 0 Å². The molecule has 0 unspecified atom stereocenters. The van der Waals surface area contributed by atoms with Gasteiger partial charge in [0, 0.05) is 0 Å². The van der Waals surface area contributed by atoms with Gasteiger partial charge in [0.15, 0.2) is 0 Å². The molecule has 0 aromatic heterocycles. The van der Waals surface area contributed by atoms with Gasteiger partial charge in [-0.25, -0.2) is 0 Å². The van der Waals surface area contributed by atoms with Gasteiger partial charge >= 0.3 is 0 Å². The molecule has 33 heavy (non-hydrogen) atoms. The van der Waals surface area contributed by atoms with E-state index in [-0.39, 0.29) is 0 Å². The molecule has 0 heterocycles. The number of allylic oxidation sites excluding steroid dienone is 2. The lowest BCUT2D eigenvalue weighted by Crippen LogP contribution is -1.84. The van der Waals surface area contributed by atoms with Crippen LogP contribution in [-0.2, 0) is 0 Å². The summed E-state index contributed by atoms with van der Waals surface area (Å²) in [5.41, 5.74) is 0. The zero-order valence-electron chi connectivity index (χ0n) is 23.7. The van der Waals surface area contributed by atoms with Crippen LogP contribution in [0.25, 0.3) is 0 Å². The molecule has 0 spiro atoms.